The van der Waals surface area contributed by atoms with E-state index in [4.69, 9.17) is 10.5 Å². The van der Waals surface area contributed by atoms with Crippen molar-refractivity contribution >= 4 is 11.9 Å². The Morgan fingerprint density at radius 1 is 1.17 bits per heavy atom. The number of ether oxygens (including phenoxy) is 1. The quantitative estimate of drug-likeness (QED) is 0.779. The molecule has 0 aliphatic heterocycles. The van der Waals surface area contributed by atoms with Crippen LogP contribution in [-0.4, -0.2) is 11.9 Å². The van der Waals surface area contributed by atoms with Crippen LogP contribution in [0.25, 0.3) is 0 Å². The second-order valence-corrected chi connectivity index (χ2v) is 6.49. The molecule has 1 atom stereocenters. The number of amides is 1. The van der Waals surface area contributed by atoms with Crippen molar-refractivity contribution in [3.63, 3.8) is 0 Å². The lowest BCUT2D eigenvalue weighted by molar-refractivity contribution is -0.160. The maximum Gasteiger partial charge on any atom is 0.310 e. The summed E-state index contributed by atoms with van der Waals surface area (Å²) in [7, 11) is 0. The second kappa shape index (κ2) is 8.70. The van der Waals surface area contributed by atoms with Crippen molar-refractivity contribution < 1.29 is 14.3 Å². The molecule has 1 aromatic rings. The fraction of sp³-hybridized carbons (Fsp3) is 0.579. The molecule has 1 fully saturated rings. The number of unbranched alkanes of at least 4 members (excludes halogenated alkanes) is 1. The van der Waals surface area contributed by atoms with Gasteiger partial charge in [0.1, 0.15) is 0 Å². The van der Waals surface area contributed by atoms with Crippen molar-refractivity contribution in [1.82, 2.24) is 0 Å². The average Bonchev–Trinajstić information content (AvgIpc) is 2.58. The monoisotopic (exact) mass is 317 g/mol. The highest BCUT2D eigenvalue weighted by Gasteiger charge is 2.30. The van der Waals surface area contributed by atoms with Crippen molar-refractivity contribution in [3.05, 3.63) is 35.9 Å². The van der Waals surface area contributed by atoms with Gasteiger partial charge in [0, 0.05) is 5.56 Å². The van der Waals surface area contributed by atoms with Gasteiger partial charge in [0.15, 0.2) is 0 Å². The Hall–Kier alpha value is -1.84. The fourth-order valence-electron chi connectivity index (χ4n) is 3.31. The zero-order valence-corrected chi connectivity index (χ0v) is 13.9. The fourth-order valence-corrected chi connectivity index (χ4v) is 3.31. The first-order valence-corrected chi connectivity index (χ1v) is 8.66. The summed E-state index contributed by atoms with van der Waals surface area (Å²) in [5, 5.41) is 0. The zero-order valence-electron chi connectivity index (χ0n) is 13.9. The third-order valence-electron chi connectivity index (χ3n) is 4.74. The van der Waals surface area contributed by atoms with E-state index in [1.165, 1.54) is 19.3 Å². The summed E-state index contributed by atoms with van der Waals surface area (Å²) < 4.78 is 5.44. The summed E-state index contributed by atoms with van der Waals surface area (Å²) >= 11 is 0. The Morgan fingerprint density at radius 3 is 2.39 bits per heavy atom. The van der Waals surface area contributed by atoms with Crippen LogP contribution in [0.4, 0.5) is 0 Å². The molecular formula is C19H27NO3. The van der Waals surface area contributed by atoms with Gasteiger partial charge in [0.2, 0.25) is 6.10 Å². The van der Waals surface area contributed by atoms with Gasteiger partial charge in [-0.15, -0.1) is 0 Å². The Bertz CT molecular complexity index is 507. The van der Waals surface area contributed by atoms with Crippen LogP contribution in [0.2, 0.25) is 0 Å². The van der Waals surface area contributed by atoms with Crippen LogP contribution >= 0.6 is 0 Å². The zero-order chi connectivity index (χ0) is 16.7. The first-order valence-electron chi connectivity index (χ1n) is 8.66. The van der Waals surface area contributed by atoms with E-state index in [1.807, 2.05) is 6.07 Å². The molecule has 1 aliphatic rings. The summed E-state index contributed by atoms with van der Waals surface area (Å²) in [6.45, 7) is 2.20. The lowest BCUT2D eigenvalue weighted by atomic mass is 9.80. The number of rotatable bonds is 7. The van der Waals surface area contributed by atoms with E-state index in [0.717, 1.165) is 31.6 Å². The highest BCUT2D eigenvalue weighted by molar-refractivity contribution is 5.84. The molecule has 0 aromatic heterocycles. The smallest absolute Gasteiger partial charge is 0.310 e. The van der Waals surface area contributed by atoms with Crippen LogP contribution in [0.1, 0.15) is 63.5 Å². The molecule has 1 aromatic carbocycles. The van der Waals surface area contributed by atoms with Crippen LogP contribution < -0.4 is 5.73 Å². The Morgan fingerprint density at radius 2 is 1.83 bits per heavy atom. The molecule has 23 heavy (non-hydrogen) atoms. The van der Waals surface area contributed by atoms with E-state index in [9.17, 15) is 9.59 Å². The van der Waals surface area contributed by atoms with Gasteiger partial charge >= 0.3 is 5.97 Å². The van der Waals surface area contributed by atoms with E-state index in [2.05, 4.69) is 6.92 Å². The molecule has 4 heteroatoms. The Labute approximate surface area is 138 Å². The first-order chi connectivity index (χ1) is 11.1. The predicted octanol–water partition coefficient (Wildman–Crippen LogP) is 3.75. The molecule has 2 N–H and O–H groups in total. The normalized spacial score (nSPS) is 22.3. The van der Waals surface area contributed by atoms with Crippen molar-refractivity contribution in [3.8, 4) is 0 Å². The summed E-state index contributed by atoms with van der Waals surface area (Å²) in [4.78, 5) is 24.0. The maximum absolute atomic E-state index is 12.4. The van der Waals surface area contributed by atoms with E-state index in [-0.39, 0.29) is 11.9 Å². The lowest BCUT2D eigenvalue weighted by Gasteiger charge is -2.28. The van der Waals surface area contributed by atoms with E-state index >= 15 is 0 Å². The van der Waals surface area contributed by atoms with E-state index in [1.54, 1.807) is 24.3 Å². The highest BCUT2D eigenvalue weighted by Crippen LogP contribution is 2.33. The van der Waals surface area contributed by atoms with Gasteiger partial charge in [-0.3, -0.25) is 9.59 Å². The molecule has 1 amide bonds. The molecule has 1 saturated carbocycles. The SMILES string of the molecule is CCCCC1CCC(C(=O)O[C@@H](C(N)=O)c2ccccc2)CC1. The number of nitrogens with two attached hydrogens (primary N) is 1. The average molecular weight is 317 g/mol. The molecule has 1 aliphatic carbocycles. The van der Waals surface area contributed by atoms with Crippen LogP contribution in [0, 0.1) is 11.8 Å². The number of benzene rings is 1. The van der Waals surface area contributed by atoms with Crippen LogP contribution in [-0.2, 0) is 14.3 Å². The molecule has 126 valence electrons. The van der Waals surface area contributed by atoms with Gasteiger partial charge in [0.05, 0.1) is 5.92 Å². The molecule has 0 spiro atoms. The number of hydrogen-bond donors (Lipinski definition) is 1. The maximum atomic E-state index is 12.4. The third-order valence-corrected chi connectivity index (χ3v) is 4.74. The molecule has 2 rings (SSSR count). The minimum atomic E-state index is -0.985. The van der Waals surface area contributed by atoms with Gasteiger partial charge in [-0.05, 0) is 31.6 Å². The number of esters is 1. The van der Waals surface area contributed by atoms with Crippen LogP contribution in [0.5, 0.6) is 0 Å². The second-order valence-electron chi connectivity index (χ2n) is 6.49. The summed E-state index contributed by atoms with van der Waals surface area (Å²) in [5.74, 6) is -0.272. The Balaban J connectivity index is 1.89. The van der Waals surface area contributed by atoms with Crippen LogP contribution in [0.3, 0.4) is 0 Å². The summed E-state index contributed by atoms with van der Waals surface area (Å²) in [6.07, 6.45) is 6.62. The standard InChI is InChI=1S/C19H27NO3/c1-2-3-7-14-10-12-16(13-11-14)19(22)23-17(18(20)21)15-8-5-4-6-9-15/h4-6,8-9,14,16-17H,2-3,7,10-13H2,1H3,(H2,20,21)/t14?,16?,17-/m1/s1. The van der Waals surface area contributed by atoms with Crippen molar-refractivity contribution in [2.45, 2.75) is 58.0 Å². The highest BCUT2D eigenvalue weighted by atomic mass is 16.5. The molecule has 0 bridgehead atoms. The van der Waals surface area contributed by atoms with Gasteiger partial charge in [-0.2, -0.15) is 0 Å². The summed E-state index contributed by atoms with van der Waals surface area (Å²) in [6, 6.07) is 8.96. The van der Waals surface area contributed by atoms with Gasteiger partial charge in [-0.25, -0.2) is 0 Å². The predicted molar refractivity (Wildman–Crippen MR) is 89.4 cm³/mol. The largest absolute Gasteiger partial charge is 0.447 e. The number of hydrogen-bond acceptors (Lipinski definition) is 3. The first kappa shape index (κ1) is 17.5. The van der Waals surface area contributed by atoms with Crippen molar-refractivity contribution in [2.75, 3.05) is 0 Å². The molecular weight excluding hydrogens is 290 g/mol. The molecule has 0 saturated heterocycles. The van der Waals surface area contributed by atoms with Gasteiger partial charge in [-0.1, -0.05) is 56.5 Å². The molecule has 0 unspecified atom stereocenters. The van der Waals surface area contributed by atoms with Crippen molar-refractivity contribution in [1.29, 1.82) is 0 Å². The third kappa shape index (κ3) is 5.08. The summed E-state index contributed by atoms with van der Waals surface area (Å²) in [5.41, 5.74) is 6.04. The van der Waals surface area contributed by atoms with Gasteiger partial charge in [0.25, 0.3) is 5.91 Å². The van der Waals surface area contributed by atoms with E-state index < -0.39 is 12.0 Å². The van der Waals surface area contributed by atoms with Crippen molar-refractivity contribution in [2.24, 2.45) is 17.6 Å². The van der Waals surface area contributed by atoms with E-state index in [0.29, 0.717) is 5.56 Å². The number of primary amides is 1. The number of carbonyl (C=O) groups is 2. The molecule has 0 heterocycles. The minimum absolute atomic E-state index is 0.0987. The van der Waals surface area contributed by atoms with Crippen LogP contribution in [0.15, 0.2) is 30.3 Å². The Kier molecular flexibility index (Phi) is 6.63. The molecule has 0 radical (unpaired) electrons. The number of carbonyl (C=O) groups excluding carboxylic acids is 2. The lowest BCUT2D eigenvalue weighted by Crippen LogP contribution is -2.30. The molecule has 4 nitrogen and oxygen atoms in total. The topological polar surface area (TPSA) is 69.4 Å². The minimum Gasteiger partial charge on any atom is -0.447 e. The van der Waals surface area contributed by atoms with Gasteiger partial charge < -0.3 is 10.5 Å².